The van der Waals surface area contributed by atoms with E-state index in [4.69, 9.17) is 14.6 Å². The number of fused-ring (bicyclic) bond motifs is 1. The molecule has 22 heavy (non-hydrogen) atoms. The van der Waals surface area contributed by atoms with Gasteiger partial charge in [0.25, 0.3) is 0 Å². The second-order valence-corrected chi connectivity index (χ2v) is 5.00. The summed E-state index contributed by atoms with van der Waals surface area (Å²) in [5.41, 5.74) is 2.53. The van der Waals surface area contributed by atoms with Crippen LogP contribution in [0.2, 0.25) is 0 Å². The maximum absolute atomic E-state index is 11.7. The van der Waals surface area contributed by atoms with Crippen LogP contribution in [0.5, 0.6) is 5.75 Å². The van der Waals surface area contributed by atoms with E-state index in [2.05, 4.69) is 5.48 Å². The fourth-order valence-corrected chi connectivity index (χ4v) is 1.90. The van der Waals surface area contributed by atoms with Crippen LogP contribution in [0.3, 0.4) is 0 Å². The van der Waals surface area contributed by atoms with Crippen molar-refractivity contribution < 1.29 is 19.4 Å². The van der Waals surface area contributed by atoms with Gasteiger partial charge in [0.1, 0.15) is 6.04 Å². The van der Waals surface area contributed by atoms with Gasteiger partial charge in [-0.05, 0) is 24.8 Å². The summed E-state index contributed by atoms with van der Waals surface area (Å²) < 4.78 is 5.08. The zero-order valence-corrected chi connectivity index (χ0v) is 12.9. The third-order valence-electron chi connectivity index (χ3n) is 3.20. The predicted octanol–water partition coefficient (Wildman–Crippen LogP) is 3.39. The summed E-state index contributed by atoms with van der Waals surface area (Å²) in [5, 5.41) is 1.99. The first-order chi connectivity index (χ1) is 10.7. The fraction of sp³-hybridized carbons (Fsp3) is 0.353. The maximum Gasteiger partial charge on any atom is 0.325 e. The van der Waals surface area contributed by atoms with E-state index in [1.54, 1.807) is 13.0 Å². The van der Waals surface area contributed by atoms with Crippen LogP contribution in [0, 0.1) is 0 Å². The molecular formula is C17H21NO4. The number of hydroxylamine groups is 1. The molecule has 0 radical (unpaired) electrons. The number of hydrogen-bond donors (Lipinski definition) is 1. The van der Waals surface area contributed by atoms with E-state index >= 15 is 0 Å². The molecule has 5 heteroatoms. The topological polar surface area (TPSA) is 56.8 Å². The largest absolute Gasteiger partial charge is 0.464 e. The van der Waals surface area contributed by atoms with Crippen molar-refractivity contribution in [1.82, 2.24) is 5.48 Å². The highest BCUT2D eigenvalue weighted by molar-refractivity contribution is 5.88. The van der Waals surface area contributed by atoms with Crippen LogP contribution in [-0.2, 0) is 14.5 Å². The zero-order valence-electron chi connectivity index (χ0n) is 12.9. The van der Waals surface area contributed by atoms with E-state index in [0.29, 0.717) is 12.4 Å². The third-order valence-corrected chi connectivity index (χ3v) is 3.20. The number of carbonyl (C=O) groups excluding carboxylic acids is 1. The van der Waals surface area contributed by atoms with Crippen molar-refractivity contribution in [1.29, 1.82) is 0 Å². The molecule has 0 saturated carbocycles. The number of benzene rings is 2. The van der Waals surface area contributed by atoms with Crippen LogP contribution >= 0.6 is 0 Å². The van der Waals surface area contributed by atoms with Gasteiger partial charge in [0, 0.05) is 5.39 Å². The Hall–Kier alpha value is -2.11. The average molecular weight is 303 g/mol. The van der Waals surface area contributed by atoms with Crippen molar-refractivity contribution in [2.24, 2.45) is 0 Å². The van der Waals surface area contributed by atoms with Crippen LogP contribution in [0.4, 0.5) is 0 Å². The zero-order chi connectivity index (χ0) is 15.8. The van der Waals surface area contributed by atoms with Gasteiger partial charge in [-0.1, -0.05) is 54.7 Å². The lowest BCUT2D eigenvalue weighted by Gasteiger charge is -2.13. The van der Waals surface area contributed by atoms with Gasteiger partial charge in [0.15, 0.2) is 5.75 Å². The van der Waals surface area contributed by atoms with Gasteiger partial charge < -0.3 is 9.62 Å². The molecule has 118 valence electrons. The lowest BCUT2D eigenvalue weighted by molar-refractivity contribution is -0.264. The molecule has 1 N–H and O–H groups in total. The minimum absolute atomic E-state index is 0.366. The molecule has 0 aliphatic heterocycles. The summed E-state index contributed by atoms with van der Waals surface area (Å²) >= 11 is 0. The highest BCUT2D eigenvalue weighted by Crippen LogP contribution is 2.24. The fourth-order valence-electron chi connectivity index (χ4n) is 1.90. The van der Waals surface area contributed by atoms with Crippen LogP contribution in [0.15, 0.2) is 42.5 Å². The van der Waals surface area contributed by atoms with Gasteiger partial charge in [-0.3, -0.25) is 4.79 Å². The highest BCUT2D eigenvalue weighted by atomic mass is 17.3. The number of rotatable bonds is 8. The smallest absolute Gasteiger partial charge is 0.325 e. The summed E-state index contributed by atoms with van der Waals surface area (Å²) in [6.45, 7) is 4.11. The second kappa shape index (κ2) is 8.36. The molecule has 5 nitrogen and oxygen atoms in total. The molecule has 0 spiro atoms. The molecule has 2 rings (SSSR count). The molecule has 0 fully saturated rings. The van der Waals surface area contributed by atoms with E-state index in [9.17, 15) is 4.79 Å². The Bertz CT molecular complexity index is 609. The van der Waals surface area contributed by atoms with Gasteiger partial charge in [-0.15, -0.1) is 5.48 Å². The molecule has 0 heterocycles. The maximum atomic E-state index is 11.7. The Labute approximate surface area is 130 Å². The molecule has 0 saturated heterocycles. The molecule has 2 aromatic carbocycles. The molecule has 0 aromatic heterocycles. The van der Waals surface area contributed by atoms with E-state index in [1.165, 1.54) is 0 Å². The number of ether oxygens (including phenoxy) is 1. The van der Waals surface area contributed by atoms with E-state index in [1.807, 2.05) is 43.3 Å². The molecule has 0 aliphatic carbocycles. The molecule has 0 aliphatic rings. The van der Waals surface area contributed by atoms with Gasteiger partial charge >= 0.3 is 5.97 Å². The summed E-state index contributed by atoms with van der Waals surface area (Å²) in [6, 6.07) is 12.9. The standard InChI is InChI=1S/C17H21NO4/c1-3-4-12-20-17(19)13(2)18-22-21-16-11-7-9-14-8-5-6-10-15(14)16/h5-11,13,18H,3-4,12H2,1-2H3/t13-/m0/s1. The van der Waals surface area contributed by atoms with Crippen molar-refractivity contribution in [2.45, 2.75) is 32.7 Å². The minimum atomic E-state index is -0.605. The predicted molar refractivity (Wildman–Crippen MR) is 84.1 cm³/mol. The third kappa shape index (κ3) is 4.44. The van der Waals surface area contributed by atoms with Crippen molar-refractivity contribution in [3.8, 4) is 5.75 Å². The first-order valence-corrected chi connectivity index (χ1v) is 7.46. The van der Waals surface area contributed by atoms with Crippen LogP contribution in [0.25, 0.3) is 10.8 Å². The minimum Gasteiger partial charge on any atom is -0.464 e. The highest BCUT2D eigenvalue weighted by Gasteiger charge is 2.14. The van der Waals surface area contributed by atoms with Crippen LogP contribution < -0.4 is 10.4 Å². The van der Waals surface area contributed by atoms with E-state index in [-0.39, 0.29) is 5.97 Å². The number of carbonyl (C=O) groups is 1. The molecule has 1 atom stereocenters. The van der Waals surface area contributed by atoms with E-state index < -0.39 is 6.04 Å². The SMILES string of the molecule is CCCCOC(=O)[C@H](C)NOOc1cccc2ccccc12. The Balaban J connectivity index is 1.83. The number of nitrogens with one attached hydrogen (secondary N) is 1. The normalized spacial score (nSPS) is 12.1. The summed E-state index contributed by atoms with van der Waals surface area (Å²) in [4.78, 5) is 21.9. The van der Waals surface area contributed by atoms with Crippen molar-refractivity contribution in [3.63, 3.8) is 0 Å². The molecule has 0 bridgehead atoms. The first-order valence-electron chi connectivity index (χ1n) is 7.46. The molecular weight excluding hydrogens is 282 g/mol. The van der Waals surface area contributed by atoms with Crippen molar-refractivity contribution in [3.05, 3.63) is 42.5 Å². The summed E-state index contributed by atoms with van der Waals surface area (Å²) in [7, 11) is 0. The second-order valence-electron chi connectivity index (χ2n) is 5.00. The van der Waals surface area contributed by atoms with Gasteiger partial charge in [-0.2, -0.15) is 0 Å². The summed E-state index contributed by atoms with van der Waals surface area (Å²) in [6.07, 6.45) is 1.83. The molecule has 0 amide bonds. The lowest BCUT2D eigenvalue weighted by atomic mass is 10.1. The van der Waals surface area contributed by atoms with Gasteiger partial charge in [0.05, 0.1) is 6.61 Å². The number of esters is 1. The number of unbranched alkanes of at least 4 members (excludes halogenated alkanes) is 1. The van der Waals surface area contributed by atoms with Crippen LogP contribution in [-0.4, -0.2) is 18.6 Å². The number of hydrogen-bond acceptors (Lipinski definition) is 5. The first kappa shape index (κ1) is 16.3. The Morgan fingerprint density at radius 3 is 2.77 bits per heavy atom. The van der Waals surface area contributed by atoms with Gasteiger partial charge in [-0.25, -0.2) is 0 Å². The van der Waals surface area contributed by atoms with Gasteiger partial charge in [0.2, 0.25) is 0 Å². The Morgan fingerprint density at radius 2 is 1.95 bits per heavy atom. The van der Waals surface area contributed by atoms with E-state index in [0.717, 1.165) is 23.6 Å². The summed E-state index contributed by atoms with van der Waals surface area (Å²) in [5.74, 6) is 0.215. The quantitative estimate of drug-likeness (QED) is 0.350. The van der Waals surface area contributed by atoms with Crippen molar-refractivity contribution >= 4 is 16.7 Å². The Kier molecular flexibility index (Phi) is 6.18. The molecule has 2 aromatic rings. The monoisotopic (exact) mass is 303 g/mol. The lowest BCUT2D eigenvalue weighted by Crippen LogP contribution is -2.36. The van der Waals surface area contributed by atoms with Crippen molar-refractivity contribution in [2.75, 3.05) is 6.61 Å². The average Bonchev–Trinajstić information content (AvgIpc) is 2.55. The molecule has 0 unspecified atom stereocenters. The van der Waals surface area contributed by atoms with Crippen LogP contribution in [0.1, 0.15) is 26.7 Å². The Morgan fingerprint density at radius 1 is 1.18 bits per heavy atom.